The highest BCUT2D eigenvalue weighted by molar-refractivity contribution is 7.71. The van der Waals surface area contributed by atoms with E-state index in [4.69, 9.17) is 17.0 Å². The topological polar surface area (TPSA) is 55.2 Å². The van der Waals surface area contributed by atoms with Crippen LogP contribution in [0.25, 0.3) is 11.4 Å². The smallest absolute Gasteiger partial charge is 0.417 e. The molecule has 0 fully saturated rings. The molecular weight excluding hydrogens is 377 g/mol. The number of hydrogen-bond acceptors (Lipinski definition) is 4. The Balaban J connectivity index is 2.06. The molecule has 0 amide bonds. The van der Waals surface area contributed by atoms with Gasteiger partial charge in [-0.05, 0) is 37.3 Å². The fourth-order valence-electron chi connectivity index (χ4n) is 2.49. The zero-order valence-corrected chi connectivity index (χ0v) is 15.0. The highest BCUT2D eigenvalue weighted by atomic mass is 32.1. The van der Waals surface area contributed by atoms with Crippen molar-refractivity contribution in [1.29, 1.82) is 0 Å². The molecule has 0 saturated heterocycles. The first-order valence-corrected chi connectivity index (χ1v) is 8.43. The minimum Gasteiger partial charge on any atom is -0.493 e. The summed E-state index contributed by atoms with van der Waals surface area (Å²) in [4.78, 5) is 0. The first-order chi connectivity index (χ1) is 12.9. The largest absolute Gasteiger partial charge is 0.493 e. The van der Waals surface area contributed by atoms with Crippen LogP contribution in [0.2, 0.25) is 0 Å². The van der Waals surface area contributed by atoms with Crippen LogP contribution >= 0.6 is 12.2 Å². The molecule has 0 aliphatic rings. The second-order valence-corrected chi connectivity index (χ2v) is 5.81. The molecule has 9 heteroatoms. The van der Waals surface area contributed by atoms with Gasteiger partial charge in [-0.2, -0.15) is 28.0 Å². The molecule has 1 heterocycles. The maximum Gasteiger partial charge on any atom is 0.417 e. The fourth-order valence-corrected chi connectivity index (χ4v) is 2.67. The Morgan fingerprint density at radius 3 is 2.63 bits per heavy atom. The summed E-state index contributed by atoms with van der Waals surface area (Å²) in [7, 11) is 0. The molecule has 5 nitrogen and oxygen atoms in total. The van der Waals surface area contributed by atoms with Gasteiger partial charge in [0.05, 0.1) is 23.9 Å². The summed E-state index contributed by atoms with van der Waals surface area (Å²) in [6.45, 7) is 2.30. The Kier molecular flexibility index (Phi) is 5.41. The lowest BCUT2D eigenvalue weighted by Crippen LogP contribution is -2.09. The van der Waals surface area contributed by atoms with Gasteiger partial charge in [-0.1, -0.05) is 30.3 Å². The lowest BCUT2D eigenvalue weighted by molar-refractivity contribution is -0.137. The van der Waals surface area contributed by atoms with Crippen molar-refractivity contribution >= 4 is 18.4 Å². The Bertz CT molecular complexity index is 1020. The van der Waals surface area contributed by atoms with Crippen molar-refractivity contribution in [2.75, 3.05) is 6.61 Å². The van der Waals surface area contributed by atoms with Crippen molar-refractivity contribution in [3.8, 4) is 17.1 Å². The van der Waals surface area contributed by atoms with E-state index in [-0.39, 0.29) is 10.3 Å². The van der Waals surface area contributed by atoms with E-state index < -0.39 is 11.7 Å². The molecule has 0 aliphatic heterocycles. The molecule has 0 spiro atoms. The van der Waals surface area contributed by atoms with Crippen LogP contribution in [0.1, 0.15) is 18.1 Å². The van der Waals surface area contributed by atoms with Crippen molar-refractivity contribution in [1.82, 2.24) is 14.9 Å². The maximum absolute atomic E-state index is 13.2. The van der Waals surface area contributed by atoms with Gasteiger partial charge in [0.25, 0.3) is 0 Å². The number of benzene rings is 2. The predicted octanol–water partition coefficient (Wildman–Crippen LogP) is 4.91. The summed E-state index contributed by atoms with van der Waals surface area (Å²) in [6.07, 6.45) is -3.37. The van der Waals surface area contributed by atoms with Crippen molar-refractivity contribution in [3.63, 3.8) is 0 Å². The number of ether oxygens (including phenoxy) is 1. The molecule has 0 radical (unpaired) electrons. The molecule has 3 rings (SSSR count). The number of halogens is 3. The minimum atomic E-state index is -4.48. The molecule has 1 N–H and O–H groups in total. The zero-order valence-electron chi connectivity index (χ0n) is 14.2. The molecule has 2 aromatic carbocycles. The van der Waals surface area contributed by atoms with Gasteiger partial charge in [-0.15, -0.1) is 0 Å². The number of alkyl halides is 3. The summed E-state index contributed by atoms with van der Waals surface area (Å²) in [6, 6.07) is 12.3. The van der Waals surface area contributed by atoms with Gasteiger partial charge >= 0.3 is 6.18 Å². The molecule has 0 unspecified atom stereocenters. The Labute approximate surface area is 158 Å². The highest BCUT2D eigenvalue weighted by Gasteiger charge is 2.32. The standard InChI is InChI=1S/C18H15F3N4OS/c1-2-26-15-10-6-4-8-13(15)16-23-24-17(27)25(16)22-11-12-7-3-5-9-14(12)18(19,20)21/h3-11H,2H2,1H3,(H,24,27)/b22-11-. The van der Waals surface area contributed by atoms with Crippen LogP contribution in [0, 0.1) is 4.77 Å². The molecule has 0 aliphatic carbocycles. The van der Waals surface area contributed by atoms with Crippen molar-refractivity contribution in [2.24, 2.45) is 5.10 Å². The summed E-state index contributed by atoms with van der Waals surface area (Å²) >= 11 is 5.17. The van der Waals surface area contributed by atoms with Crippen LogP contribution in [-0.4, -0.2) is 27.7 Å². The molecule has 0 saturated carbocycles. The molecule has 27 heavy (non-hydrogen) atoms. The molecule has 1 aromatic heterocycles. The van der Waals surface area contributed by atoms with E-state index in [9.17, 15) is 13.2 Å². The first kappa shape index (κ1) is 18.8. The van der Waals surface area contributed by atoms with E-state index in [0.29, 0.717) is 23.7 Å². The van der Waals surface area contributed by atoms with Crippen LogP contribution in [0.15, 0.2) is 53.6 Å². The fraction of sp³-hybridized carbons (Fsp3) is 0.167. The highest BCUT2D eigenvalue weighted by Crippen LogP contribution is 2.31. The second kappa shape index (κ2) is 7.75. The summed E-state index contributed by atoms with van der Waals surface area (Å²) in [5.74, 6) is 0.908. The SMILES string of the molecule is CCOc1ccccc1-c1n[nH]c(=S)n1/N=C\c1ccccc1C(F)(F)F. The van der Waals surface area contributed by atoms with Crippen molar-refractivity contribution in [3.05, 3.63) is 64.4 Å². The third-order valence-electron chi connectivity index (χ3n) is 3.66. The average Bonchev–Trinajstić information content (AvgIpc) is 3.00. The molecule has 0 atom stereocenters. The quantitative estimate of drug-likeness (QED) is 0.496. The van der Waals surface area contributed by atoms with Crippen LogP contribution < -0.4 is 4.74 Å². The molecular formula is C18H15F3N4OS. The Hall–Kier alpha value is -2.94. The lowest BCUT2D eigenvalue weighted by Gasteiger charge is -2.10. The lowest BCUT2D eigenvalue weighted by atomic mass is 10.1. The van der Waals surface area contributed by atoms with Gasteiger partial charge in [0.1, 0.15) is 5.75 Å². The first-order valence-electron chi connectivity index (χ1n) is 8.02. The van der Waals surface area contributed by atoms with E-state index in [2.05, 4.69) is 15.3 Å². The van der Waals surface area contributed by atoms with Crippen LogP contribution in [0.4, 0.5) is 13.2 Å². The van der Waals surface area contributed by atoms with Gasteiger partial charge in [-0.3, -0.25) is 0 Å². The Morgan fingerprint density at radius 1 is 1.19 bits per heavy atom. The van der Waals surface area contributed by atoms with Crippen LogP contribution in [-0.2, 0) is 6.18 Å². The zero-order chi connectivity index (χ0) is 19.4. The minimum absolute atomic E-state index is 0.0721. The molecule has 0 bridgehead atoms. The number of hydrogen-bond donors (Lipinski definition) is 1. The molecule has 140 valence electrons. The third kappa shape index (κ3) is 4.08. The van der Waals surface area contributed by atoms with Crippen molar-refractivity contribution < 1.29 is 17.9 Å². The summed E-state index contributed by atoms with van der Waals surface area (Å²) in [5.41, 5.74) is -0.231. The van der Waals surface area contributed by atoms with Gasteiger partial charge < -0.3 is 4.74 Å². The van der Waals surface area contributed by atoms with Gasteiger partial charge in [-0.25, -0.2) is 5.10 Å². The van der Waals surface area contributed by atoms with Gasteiger partial charge in [0.15, 0.2) is 5.82 Å². The van der Waals surface area contributed by atoms with E-state index in [0.717, 1.165) is 12.3 Å². The third-order valence-corrected chi connectivity index (χ3v) is 3.92. The van der Waals surface area contributed by atoms with Crippen molar-refractivity contribution in [2.45, 2.75) is 13.1 Å². The van der Waals surface area contributed by atoms with E-state index in [1.807, 2.05) is 13.0 Å². The number of rotatable bonds is 5. The number of nitrogens with zero attached hydrogens (tertiary/aromatic N) is 3. The second-order valence-electron chi connectivity index (χ2n) is 5.42. The Morgan fingerprint density at radius 2 is 1.89 bits per heavy atom. The summed E-state index contributed by atoms with van der Waals surface area (Å²) < 4.78 is 46.4. The number of para-hydroxylation sites is 1. The summed E-state index contributed by atoms with van der Waals surface area (Å²) in [5, 5.41) is 10.9. The number of H-pyrrole nitrogens is 1. The van der Waals surface area contributed by atoms with E-state index in [1.165, 1.54) is 22.9 Å². The normalized spacial score (nSPS) is 11.9. The number of nitrogens with one attached hydrogen (secondary N) is 1. The monoisotopic (exact) mass is 392 g/mol. The van der Waals surface area contributed by atoms with Gasteiger partial charge in [0, 0.05) is 5.56 Å². The predicted molar refractivity (Wildman–Crippen MR) is 98.5 cm³/mol. The maximum atomic E-state index is 13.2. The van der Waals surface area contributed by atoms with Gasteiger partial charge in [0.2, 0.25) is 4.77 Å². The van der Waals surface area contributed by atoms with Crippen LogP contribution in [0.5, 0.6) is 5.75 Å². The molecule has 3 aromatic rings. The van der Waals surface area contributed by atoms with Crippen LogP contribution in [0.3, 0.4) is 0 Å². The average molecular weight is 392 g/mol. The van der Waals surface area contributed by atoms with E-state index in [1.54, 1.807) is 18.2 Å². The van der Waals surface area contributed by atoms with E-state index >= 15 is 0 Å². The number of aromatic amines is 1. The number of aromatic nitrogens is 3.